The van der Waals surface area contributed by atoms with E-state index in [1.54, 1.807) is 49.9 Å². The van der Waals surface area contributed by atoms with E-state index < -0.39 is 23.8 Å². The first-order valence-electron chi connectivity index (χ1n) is 16.3. The van der Waals surface area contributed by atoms with Crippen LogP contribution in [0.3, 0.4) is 0 Å². The molecule has 0 aromatic heterocycles. The van der Waals surface area contributed by atoms with E-state index in [-0.39, 0.29) is 18.2 Å². The van der Waals surface area contributed by atoms with Crippen LogP contribution in [-0.4, -0.2) is 41.0 Å². The number of benzene rings is 3. The van der Waals surface area contributed by atoms with Crippen molar-refractivity contribution < 1.29 is 19.1 Å². The Morgan fingerprint density at radius 1 is 0.826 bits per heavy atom. The lowest BCUT2D eigenvalue weighted by Crippen LogP contribution is -2.54. The largest absolute Gasteiger partial charge is 0.444 e. The Kier molecular flexibility index (Phi) is 14.4. The molecule has 7 heteroatoms. The van der Waals surface area contributed by atoms with Crippen LogP contribution < -0.4 is 10.6 Å². The number of amides is 3. The monoisotopic (exact) mass is 623 g/mol. The molecule has 0 aliphatic carbocycles. The third kappa shape index (κ3) is 12.1. The third-order valence-electron chi connectivity index (χ3n) is 7.57. The molecule has 0 saturated heterocycles. The van der Waals surface area contributed by atoms with Crippen LogP contribution in [0.15, 0.2) is 84.9 Å². The van der Waals surface area contributed by atoms with Gasteiger partial charge in [-0.1, -0.05) is 118 Å². The van der Waals surface area contributed by atoms with Gasteiger partial charge in [-0.05, 0) is 56.0 Å². The summed E-state index contributed by atoms with van der Waals surface area (Å²) in [6.07, 6.45) is 11.3. The molecule has 2 N–H and O–H groups in total. The van der Waals surface area contributed by atoms with Crippen LogP contribution in [0.4, 0.5) is 4.79 Å². The number of carbonyl (C=O) groups is 3. The van der Waals surface area contributed by atoms with Crippen LogP contribution in [0.1, 0.15) is 94.5 Å². The maximum atomic E-state index is 14.7. The summed E-state index contributed by atoms with van der Waals surface area (Å²) in [5, 5.41) is 5.89. The lowest BCUT2D eigenvalue weighted by atomic mass is 9.98. The van der Waals surface area contributed by atoms with Crippen molar-refractivity contribution in [2.75, 3.05) is 6.54 Å². The molecule has 2 atom stereocenters. The van der Waals surface area contributed by atoms with Crippen LogP contribution in [-0.2, 0) is 27.3 Å². The van der Waals surface area contributed by atoms with Gasteiger partial charge in [-0.2, -0.15) is 0 Å². The molecule has 3 amide bonds. The van der Waals surface area contributed by atoms with Gasteiger partial charge in [-0.3, -0.25) is 9.59 Å². The van der Waals surface area contributed by atoms with Gasteiger partial charge in [0.25, 0.3) is 0 Å². The second kappa shape index (κ2) is 18.4. The average molecular weight is 624 g/mol. The van der Waals surface area contributed by atoms with E-state index in [0.29, 0.717) is 30.6 Å². The summed E-state index contributed by atoms with van der Waals surface area (Å²) in [7, 11) is 0. The highest BCUT2D eigenvalue weighted by Gasteiger charge is 2.36. The number of carbonyl (C=O) groups excluding carboxylic acids is 3. The molecule has 3 aromatic carbocycles. The van der Waals surface area contributed by atoms with Crippen LogP contribution >= 0.6 is 0 Å². The fourth-order valence-corrected chi connectivity index (χ4v) is 5.25. The number of nitrogens with one attached hydrogen (secondary N) is 2. The first-order chi connectivity index (χ1) is 22.1. The van der Waals surface area contributed by atoms with Gasteiger partial charge in [0.2, 0.25) is 11.8 Å². The molecule has 2 unspecified atom stereocenters. The summed E-state index contributed by atoms with van der Waals surface area (Å²) < 4.78 is 5.56. The Balaban J connectivity index is 2.01. The fraction of sp³-hybridized carbons (Fsp3) is 0.410. The first-order valence-corrected chi connectivity index (χ1v) is 16.3. The predicted molar refractivity (Wildman–Crippen MR) is 184 cm³/mol. The van der Waals surface area contributed by atoms with Gasteiger partial charge < -0.3 is 20.3 Å². The maximum absolute atomic E-state index is 14.7. The van der Waals surface area contributed by atoms with E-state index in [9.17, 15) is 14.4 Å². The Labute approximate surface area is 275 Å². The van der Waals surface area contributed by atoms with Crippen molar-refractivity contribution in [3.63, 3.8) is 0 Å². The number of hydrogen-bond acceptors (Lipinski definition) is 4. The number of nitrogens with zero attached hydrogens (tertiary/aromatic N) is 1. The minimum Gasteiger partial charge on any atom is -0.444 e. The zero-order valence-electron chi connectivity index (χ0n) is 27.8. The molecule has 0 heterocycles. The number of unbranched alkanes of at least 4 members (excludes halogenated alkanes) is 5. The standard InChI is InChI=1S/C39H49N3O4/c1-6-8-9-10-11-18-27-42(37(44)34(28-31-19-14-12-15-20-31)41-38(45)46-39(3,4)5)35(33-25-23-30(7-2)24-26-33)36(43)40-29-32-21-16-13-17-22-32/h2,12-17,19-26,34-35H,6,8-11,18,27-29H2,1,3-5H3,(H,40,43)(H,41,45). The highest BCUT2D eigenvalue weighted by atomic mass is 16.6. The van der Waals surface area contributed by atoms with Gasteiger partial charge >= 0.3 is 6.09 Å². The minimum atomic E-state index is -0.966. The van der Waals surface area contributed by atoms with E-state index in [4.69, 9.17) is 11.2 Å². The molecule has 0 spiro atoms. The van der Waals surface area contributed by atoms with Crippen LogP contribution in [0.25, 0.3) is 0 Å². The quantitative estimate of drug-likeness (QED) is 0.129. The van der Waals surface area contributed by atoms with Crippen molar-refractivity contribution in [2.45, 2.75) is 96.9 Å². The predicted octanol–water partition coefficient (Wildman–Crippen LogP) is 7.35. The summed E-state index contributed by atoms with van der Waals surface area (Å²) in [5.74, 6) is 1.95. The van der Waals surface area contributed by atoms with Crippen LogP contribution in [0.5, 0.6) is 0 Å². The second-order valence-electron chi connectivity index (χ2n) is 12.6. The Bertz CT molecular complexity index is 1410. The Hall–Kier alpha value is -4.57. The maximum Gasteiger partial charge on any atom is 0.408 e. The normalized spacial score (nSPS) is 12.3. The molecule has 3 aromatic rings. The van der Waals surface area contributed by atoms with Gasteiger partial charge in [0.1, 0.15) is 17.7 Å². The van der Waals surface area contributed by atoms with Crippen molar-refractivity contribution in [2.24, 2.45) is 0 Å². The Morgan fingerprint density at radius 3 is 2.00 bits per heavy atom. The smallest absolute Gasteiger partial charge is 0.408 e. The molecule has 0 saturated carbocycles. The molecule has 46 heavy (non-hydrogen) atoms. The third-order valence-corrected chi connectivity index (χ3v) is 7.57. The van der Waals surface area contributed by atoms with Gasteiger partial charge in [-0.15, -0.1) is 6.42 Å². The van der Waals surface area contributed by atoms with Gasteiger partial charge in [0.15, 0.2) is 0 Å². The summed E-state index contributed by atoms with van der Waals surface area (Å²) >= 11 is 0. The molecule has 0 radical (unpaired) electrons. The number of terminal acetylenes is 1. The average Bonchev–Trinajstić information content (AvgIpc) is 3.04. The lowest BCUT2D eigenvalue weighted by molar-refractivity contribution is -0.142. The van der Waals surface area contributed by atoms with Crippen LogP contribution in [0.2, 0.25) is 0 Å². The van der Waals surface area contributed by atoms with E-state index in [2.05, 4.69) is 23.5 Å². The summed E-state index contributed by atoms with van der Waals surface area (Å²) in [6.45, 7) is 8.15. The van der Waals surface area contributed by atoms with Crippen molar-refractivity contribution in [3.8, 4) is 12.3 Å². The Morgan fingerprint density at radius 2 is 1.41 bits per heavy atom. The number of hydrogen-bond donors (Lipinski definition) is 2. The number of rotatable bonds is 16. The molecule has 0 fully saturated rings. The van der Waals surface area contributed by atoms with Crippen molar-refractivity contribution in [1.29, 1.82) is 0 Å². The van der Waals surface area contributed by atoms with Crippen LogP contribution in [0, 0.1) is 12.3 Å². The zero-order chi connectivity index (χ0) is 33.4. The SMILES string of the molecule is C#Cc1ccc(C(C(=O)NCc2ccccc2)N(CCCCCCCC)C(=O)C(Cc2ccccc2)NC(=O)OC(C)(C)C)cc1. The van der Waals surface area contributed by atoms with Gasteiger partial charge in [-0.25, -0.2) is 4.79 Å². The molecule has 3 rings (SSSR count). The van der Waals surface area contributed by atoms with Gasteiger partial charge in [0.05, 0.1) is 0 Å². The number of alkyl carbamates (subject to hydrolysis) is 1. The molecule has 0 bridgehead atoms. The number of ether oxygens (including phenoxy) is 1. The highest BCUT2D eigenvalue weighted by molar-refractivity contribution is 5.92. The second-order valence-corrected chi connectivity index (χ2v) is 12.6. The van der Waals surface area contributed by atoms with E-state index in [1.807, 2.05) is 60.7 Å². The van der Waals surface area contributed by atoms with Crippen molar-refractivity contribution in [1.82, 2.24) is 15.5 Å². The molecular formula is C39H49N3O4. The fourth-order valence-electron chi connectivity index (χ4n) is 5.25. The zero-order valence-corrected chi connectivity index (χ0v) is 27.8. The van der Waals surface area contributed by atoms with Crippen molar-refractivity contribution >= 4 is 17.9 Å². The molecule has 0 aliphatic rings. The topological polar surface area (TPSA) is 87.7 Å². The van der Waals surface area contributed by atoms with Gasteiger partial charge in [0, 0.05) is 25.1 Å². The van der Waals surface area contributed by atoms with E-state index >= 15 is 0 Å². The molecule has 7 nitrogen and oxygen atoms in total. The summed E-state index contributed by atoms with van der Waals surface area (Å²) in [5.41, 5.74) is 2.38. The summed E-state index contributed by atoms with van der Waals surface area (Å²) in [4.78, 5) is 43.5. The molecular weight excluding hydrogens is 574 g/mol. The highest BCUT2D eigenvalue weighted by Crippen LogP contribution is 2.25. The molecule has 244 valence electrons. The van der Waals surface area contributed by atoms with Crippen molar-refractivity contribution in [3.05, 3.63) is 107 Å². The lowest BCUT2D eigenvalue weighted by Gasteiger charge is -2.35. The summed E-state index contributed by atoms with van der Waals surface area (Å²) in [6, 6.07) is 24.4. The molecule has 0 aliphatic heterocycles. The van der Waals surface area contributed by atoms with E-state index in [1.165, 1.54) is 0 Å². The first kappa shape index (κ1) is 35.9. The minimum absolute atomic E-state index is 0.236. The van der Waals surface area contributed by atoms with E-state index in [0.717, 1.165) is 43.2 Å².